The van der Waals surface area contributed by atoms with E-state index in [4.69, 9.17) is 0 Å². The van der Waals surface area contributed by atoms with Gasteiger partial charge in [-0.05, 0) is 38.0 Å². The van der Waals surface area contributed by atoms with Gasteiger partial charge < -0.3 is 15.2 Å². The second-order valence-electron chi connectivity index (χ2n) is 5.93. The zero-order chi connectivity index (χ0) is 18.4. The first-order valence-electron chi connectivity index (χ1n) is 8.19. The summed E-state index contributed by atoms with van der Waals surface area (Å²) in [7, 11) is 1.90. The lowest BCUT2D eigenvalue weighted by Gasteiger charge is -2.18. The van der Waals surface area contributed by atoms with Crippen LogP contribution in [0.15, 0.2) is 35.8 Å². The minimum Gasteiger partial charge on any atom is -0.353 e. The van der Waals surface area contributed by atoms with Crippen LogP contribution in [-0.2, 0) is 13.6 Å². The number of benzene rings is 1. The summed E-state index contributed by atoms with van der Waals surface area (Å²) >= 11 is 0. The van der Waals surface area contributed by atoms with Crippen LogP contribution in [-0.4, -0.2) is 27.3 Å². The van der Waals surface area contributed by atoms with Gasteiger partial charge in [0.05, 0.1) is 6.04 Å². The summed E-state index contributed by atoms with van der Waals surface area (Å²) in [6.07, 6.45) is 1.75. The molecule has 6 nitrogen and oxygen atoms in total. The monoisotopic (exact) mass is 344 g/mol. The fraction of sp³-hybridized carbons (Fsp3) is 0.389. The van der Waals surface area contributed by atoms with Crippen molar-refractivity contribution in [3.8, 4) is 0 Å². The molecule has 1 atom stereocenters. The maximum Gasteiger partial charge on any atom is 0.192 e. The van der Waals surface area contributed by atoms with Gasteiger partial charge in [0.15, 0.2) is 11.8 Å². The van der Waals surface area contributed by atoms with E-state index in [0.29, 0.717) is 24.6 Å². The quantitative estimate of drug-likeness (QED) is 0.480. The van der Waals surface area contributed by atoms with E-state index in [1.54, 1.807) is 25.1 Å². The number of hydrogen-bond donors (Lipinski definition) is 2. The Bertz CT molecular complexity index is 765. The normalized spacial score (nSPS) is 12.8. The van der Waals surface area contributed by atoms with Gasteiger partial charge in [-0.3, -0.25) is 0 Å². The molecule has 0 aliphatic heterocycles. The minimum absolute atomic E-state index is 0.104. The van der Waals surface area contributed by atoms with E-state index < -0.39 is 0 Å². The molecule has 1 unspecified atom stereocenters. The van der Waals surface area contributed by atoms with Crippen molar-refractivity contribution in [1.29, 1.82) is 0 Å². The molecule has 1 heterocycles. The van der Waals surface area contributed by atoms with Gasteiger partial charge in [-0.25, -0.2) is 9.38 Å². The van der Waals surface area contributed by atoms with Crippen LogP contribution in [0.1, 0.15) is 35.7 Å². The number of halogens is 1. The Morgan fingerprint density at radius 3 is 2.76 bits per heavy atom. The average molecular weight is 344 g/mol. The number of hydrogen-bond acceptors (Lipinski definition) is 3. The Labute approximate surface area is 147 Å². The molecular weight excluding hydrogens is 319 g/mol. The lowest BCUT2D eigenvalue weighted by molar-refractivity contribution is 0.607. The van der Waals surface area contributed by atoms with Crippen molar-refractivity contribution in [3.63, 3.8) is 0 Å². The van der Waals surface area contributed by atoms with Crippen LogP contribution in [0.3, 0.4) is 0 Å². The summed E-state index contributed by atoms with van der Waals surface area (Å²) in [5.41, 5.74) is 1.48. The molecule has 0 saturated heterocycles. The molecule has 134 valence electrons. The Balaban J connectivity index is 2.12. The predicted octanol–water partition coefficient (Wildman–Crippen LogP) is 2.55. The highest BCUT2D eigenvalue weighted by Crippen LogP contribution is 2.16. The number of rotatable bonds is 6. The summed E-state index contributed by atoms with van der Waals surface area (Å²) in [5.74, 6) is 2.00. The molecule has 2 aromatic rings. The summed E-state index contributed by atoms with van der Waals surface area (Å²) in [4.78, 5) is 4.54. The molecule has 0 fully saturated rings. The van der Waals surface area contributed by atoms with Gasteiger partial charge in [-0.15, -0.1) is 16.8 Å². The third kappa shape index (κ3) is 4.89. The number of guanidine groups is 1. The number of aromatic nitrogens is 3. The standard InChI is InChI=1S/C18H25FN6/c1-6-9-20-18(21-11-17-24-23-14(4)25(17)5)22-13(3)15-8-7-12(2)16(19)10-15/h6-8,10,13H,1,9,11H2,2-5H3,(H2,20,21,22). The number of aliphatic imine (C=N–C) groups is 1. The largest absolute Gasteiger partial charge is 0.353 e. The number of aryl methyl sites for hydroxylation is 2. The lowest BCUT2D eigenvalue weighted by Crippen LogP contribution is -2.39. The molecule has 0 bridgehead atoms. The first kappa shape index (κ1) is 18.6. The SMILES string of the molecule is C=CCNC(=NCc1nnc(C)n1C)NC(C)c1ccc(C)c(F)c1. The van der Waals surface area contributed by atoms with Gasteiger partial charge >= 0.3 is 0 Å². The molecule has 1 aromatic carbocycles. The van der Waals surface area contributed by atoms with E-state index >= 15 is 0 Å². The fourth-order valence-corrected chi connectivity index (χ4v) is 2.23. The van der Waals surface area contributed by atoms with E-state index in [1.807, 2.05) is 31.5 Å². The second kappa shape index (κ2) is 8.41. The van der Waals surface area contributed by atoms with Crippen molar-refractivity contribution < 1.29 is 4.39 Å². The van der Waals surface area contributed by atoms with E-state index in [1.165, 1.54) is 0 Å². The van der Waals surface area contributed by atoms with Gasteiger partial charge in [0, 0.05) is 13.6 Å². The summed E-state index contributed by atoms with van der Waals surface area (Å²) in [6.45, 7) is 10.3. The molecule has 0 saturated carbocycles. The van der Waals surface area contributed by atoms with Crippen LogP contribution in [0.5, 0.6) is 0 Å². The predicted molar refractivity (Wildman–Crippen MR) is 97.8 cm³/mol. The highest BCUT2D eigenvalue weighted by atomic mass is 19.1. The topological polar surface area (TPSA) is 67.1 Å². The zero-order valence-corrected chi connectivity index (χ0v) is 15.2. The van der Waals surface area contributed by atoms with E-state index in [0.717, 1.165) is 17.2 Å². The van der Waals surface area contributed by atoms with Crippen LogP contribution in [0, 0.1) is 19.7 Å². The van der Waals surface area contributed by atoms with Crippen molar-refractivity contribution in [3.05, 3.63) is 59.4 Å². The van der Waals surface area contributed by atoms with E-state index in [9.17, 15) is 4.39 Å². The molecule has 0 aliphatic rings. The Hall–Kier alpha value is -2.70. The maximum absolute atomic E-state index is 13.8. The Kier molecular flexibility index (Phi) is 6.27. The smallest absolute Gasteiger partial charge is 0.192 e. The number of nitrogens with one attached hydrogen (secondary N) is 2. The van der Waals surface area contributed by atoms with Gasteiger partial charge in [0.1, 0.15) is 18.2 Å². The van der Waals surface area contributed by atoms with Gasteiger partial charge in [0.2, 0.25) is 0 Å². The van der Waals surface area contributed by atoms with Crippen LogP contribution < -0.4 is 10.6 Å². The van der Waals surface area contributed by atoms with E-state index in [2.05, 4.69) is 32.4 Å². The molecule has 25 heavy (non-hydrogen) atoms. The lowest BCUT2D eigenvalue weighted by atomic mass is 10.1. The highest BCUT2D eigenvalue weighted by Gasteiger charge is 2.11. The van der Waals surface area contributed by atoms with Gasteiger partial charge in [0.25, 0.3) is 0 Å². The van der Waals surface area contributed by atoms with Crippen molar-refractivity contribution >= 4 is 5.96 Å². The summed E-state index contributed by atoms with van der Waals surface area (Å²) in [6, 6.07) is 5.13. The summed E-state index contributed by atoms with van der Waals surface area (Å²) < 4.78 is 15.7. The molecule has 0 aliphatic carbocycles. The molecule has 7 heteroatoms. The Morgan fingerprint density at radius 1 is 1.40 bits per heavy atom. The van der Waals surface area contributed by atoms with E-state index in [-0.39, 0.29) is 11.9 Å². The zero-order valence-electron chi connectivity index (χ0n) is 15.2. The minimum atomic E-state index is -0.210. The van der Waals surface area contributed by atoms with Crippen LogP contribution in [0.4, 0.5) is 4.39 Å². The van der Waals surface area contributed by atoms with Crippen molar-refractivity contribution in [2.75, 3.05) is 6.54 Å². The third-order valence-electron chi connectivity index (χ3n) is 4.02. The second-order valence-corrected chi connectivity index (χ2v) is 5.93. The van der Waals surface area contributed by atoms with Crippen molar-refractivity contribution in [2.24, 2.45) is 12.0 Å². The van der Waals surface area contributed by atoms with Crippen LogP contribution >= 0.6 is 0 Å². The maximum atomic E-state index is 13.8. The fourth-order valence-electron chi connectivity index (χ4n) is 2.23. The molecule has 0 spiro atoms. The number of nitrogens with zero attached hydrogens (tertiary/aromatic N) is 4. The average Bonchev–Trinajstić information content (AvgIpc) is 2.91. The first-order chi connectivity index (χ1) is 11.9. The van der Waals surface area contributed by atoms with Gasteiger partial charge in [-0.1, -0.05) is 18.2 Å². The van der Waals surface area contributed by atoms with Crippen LogP contribution in [0.25, 0.3) is 0 Å². The van der Waals surface area contributed by atoms with Gasteiger partial charge in [-0.2, -0.15) is 0 Å². The van der Waals surface area contributed by atoms with Crippen molar-refractivity contribution in [2.45, 2.75) is 33.4 Å². The molecular formula is C18H25FN6. The first-order valence-corrected chi connectivity index (χ1v) is 8.19. The molecule has 0 amide bonds. The highest BCUT2D eigenvalue weighted by molar-refractivity contribution is 5.80. The molecule has 1 aromatic heterocycles. The van der Waals surface area contributed by atoms with Crippen LogP contribution in [0.2, 0.25) is 0 Å². The molecule has 2 N–H and O–H groups in total. The summed E-state index contributed by atoms with van der Waals surface area (Å²) in [5, 5.41) is 14.6. The Morgan fingerprint density at radius 2 is 2.16 bits per heavy atom. The molecule has 2 rings (SSSR count). The van der Waals surface area contributed by atoms with Crippen molar-refractivity contribution in [1.82, 2.24) is 25.4 Å². The molecule has 0 radical (unpaired) electrons. The third-order valence-corrected chi connectivity index (χ3v) is 4.02.